The Bertz CT molecular complexity index is 1120. The van der Waals surface area contributed by atoms with Crippen molar-refractivity contribution in [1.29, 1.82) is 0 Å². The normalized spacial score (nSPS) is 11.4. The molecule has 0 unspecified atom stereocenters. The molecule has 0 amide bonds. The number of halogens is 6. The number of nitrogens with zero attached hydrogens (tertiary/aromatic N) is 3. The molecule has 0 spiro atoms. The molecule has 12 heteroatoms. The fraction of sp³-hybridized carbons (Fsp3) is 0.200. The summed E-state index contributed by atoms with van der Waals surface area (Å²) in [5.41, 5.74) is 0.543. The topological polar surface area (TPSA) is 47.5 Å². The number of rotatable bonds is 7. The fourth-order valence-corrected chi connectivity index (χ4v) is 3.80. The lowest BCUT2D eigenvalue weighted by molar-refractivity contribution is -0.144. The van der Waals surface area contributed by atoms with E-state index in [1.807, 2.05) is 0 Å². The lowest BCUT2D eigenvalue weighted by Gasteiger charge is -2.24. The predicted octanol–water partition coefficient (Wildman–Crippen LogP) is 6.16. The van der Waals surface area contributed by atoms with Crippen molar-refractivity contribution in [3.8, 4) is 11.5 Å². The summed E-state index contributed by atoms with van der Waals surface area (Å²) in [5.74, 6) is -2.53. The third kappa shape index (κ3) is 5.52. The van der Waals surface area contributed by atoms with Crippen molar-refractivity contribution in [1.82, 2.24) is 9.97 Å². The molecule has 2 aromatic carbocycles. The average Bonchev–Trinajstić information content (AvgIpc) is 2.76. The van der Waals surface area contributed by atoms with Crippen LogP contribution in [-0.4, -0.2) is 24.2 Å². The van der Waals surface area contributed by atoms with Gasteiger partial charge in [0.25, 0.3) is 0 Å². The molecule has 0 N–H and O–H groups in total. The van der Waals surface area contributed by atoms with Gasteiger partial charge in [-0.2, -0.15) is 13.2 Å². The molecule has 32 heavy (non-hydrogen) atoms. The smallest absolute Gasteiger partial charge is 0.451 e. The van der Waals surface area contributed by atoms with Crippen LogP contribution in [-0.2, 0) is 12.7 Å². The Hall–Kier alpha value is -2.79. The van der Waals surface area contributed by atoms with E-state index in [1.54, 1.807) is 18.2 Å². The van der Waals surface area contributed by atoms with Crippen molar-refractivity contribution in [3.63, 3.8) is 0 Å². The largest absolute Gasteiger partial charge is 0.497 e. The molecule has 0 saturated carbocycles. The Balaban J connectivity index is 2.05. The first-order valence-electron chi connectivity index (χ1n) is 8.83. The summed E-state index contributed by atoms with van der Waals surface area (Å²) in [7, 11) is 2.89. The molecule has 1 aromatic heterocycles. The van der Waals surface area contributed by atoms with E-state index in [1.165, 1.54) is 24.6 Å². The lowest BCUT2D eigenvalue weighted by atomic mass is 10.2. The van der Waals surface area contributed by atoms with Gasteiger partial charge in [-0.25, -0.2) is 18.7 Å². The molecule has 0 bridgehead atoms. The number of methoxy groups -OCH3 is 2. The zero-order chi connectivity index (χ0) is 23.5. The summed E-state index contributed by atoms with van der Waals surface area (Å²) < 4.78 is 79.1. The molecular formula is C20H15ClF5N3O2S. The van der Waals surface area contributed by atoms with Gasteiger partial charge in [0, 0.05) is 23.9 Å². The average molecular weight is 492 g/mol. The molecule has 0 aliphatic heterocycles. The van der Waals surface area contributed by atoms with E-state index >= 15 is 0 Å². The van der Waals surface area contributed by atoms with Crippen LogP contribution in [0.3, 0.4) is 0 Å². The second-order valence-electron chi connectivity index (χ2n) is 6.24. The highest BCUT2D eigenvalue weighted by molar-refractivity contribution is 8.00. The summed E-state index contributed by atoms with van der Waals surface area (Å²) in [6.45, 7) is -0.0550. The zero-order valence-corrected chi connectivity index (χ0v) is 18.2. The SMILES string of the molecule is COc1ccc(CN(Sc2cc(Cl)c(F)cc2F)c2ccnc(C(F)(F)F)n2)c(OC)c1. The minimum Gasteiger partial charge on any atom is -0.497 e. The lowest BCUT2D eigenvalue weighted by Crippen LogP contribution is -2.19. The molecule has 5 nitrogen and oxygen atoms in total. The molecule has 0 aliphatic rings. The third-order valence-electron chi connectivity index (χ3n) is 4.14. The highest BCUT2D eigenvalue weighted by Crippen LogP contribution is 2.37. The van der Waals surface area contributed by atoms with Crippen molar-refractivity contribution in [2.24, 2.45) is 0 Å². The van der Waals surface area contributed by atoms with E-state index in [2.05, 4.69) is 9.97 Å². The minimum atomic E-state index is -4.78. The molecule has 0 fully saturated rings. The second-order valence-corrected chi connectivity index (χ2v) is 7.71. The van der Waals surface area contributed by atoms with Crippen LogP contribution in [0.1, 0.15) is 11.4 Å². The van der Waals surface area contributed by atoms with Gasteiger partial charge < -0.3 is 9.47 Å². The van der Waals surface area contributed by atoms with Crippen molar-refractivity contribution in [2.45, 2.75) is 17.6 Å². The Morgan fingerprint density at radius 2 is 1.78 bits per heavy atom. The Morgan fingerprint density at radius 3 is 2.44 bits per heavy atom. The molecule has 3 rings (SSSR count). The summed E-state index contributed by atoms with van der Waals surface area (Å²) in [6.07, 6.45) is -3.84. The molecular weight excluding hydrogens is 477 g/mol. The van der Waals surface area contributed by atoms with Crippen LogP contribution in [0.25, 0.3) is 0 Å². The van der Waals surface area contributed by atoms with Crippen molar-refractivity contribution in [3.05, 3.63) is 70.6 Å². The van der Waals surface area contributed by atoms with Gasteiger partial charge in [-0.1, -0.05) is 11.6 Å². The number of ether oxygens (including phenoxy) is 2. The van der Waals surface area contributed by atoms with E-state index in [4.69, 9.17) is 21.1 Å². The molecule has 0 atom stereocenters. The van der Waals surface area contributed by atoms with Gasteiger partial charge in [-0.15, -0.1) is 0 Å². The van der Waals surface area contributed by atoms with Crippen LogP contribution < -0.4 is 13.8 Å². The Kier molecular flexibility index (Phi) is 7.29. The monoisotopic (exact) mass is 491 g/mol. The molecule has 0 aliphatic carbocycles. The highest BCUT2D eigenvalue weighted by Gasteiger charge is 2.35. The summed E-state index contributed by atoms with van der Waals surface area (Å²) in [5, 5.41) is -0.338. The summed E-state index contributed by atoms with van der Waals surface area (Å²) in [4.78, 5) is 6.70. The van der Waals surface area contributed by atoms with Gasteiger partial charge >= 0.3 is 6.18 Å². The summed E-state index contributed by atoms with van der Waals surface area (Å²) >= 11 is 6.46. The van der Waals surface area contributed by atoms with Crippen LogP contribution in [0.4, 0.5) is 27.8 Å². The van der Waals surface area contributed by atoms with Gasteiger partial charge in [-0.05, 0) is 36.2 Å². The van der Waals surface area contributed by atoms with Crippen molar-refractivity contribution >= 4 is 29.4 Å². The number of alkyl halides is 3. The maximum atomic E-state index is 14.4. The Labute approximate surface area is 189 Å². The van der Waals surface area contributed by atoms with Crippen LogP contribution in [0, 0.1) is 11.6 Å². The maximum Gasteiger partial charge on any atom is 0.451 e. The first-order chi connectivity index (χ1) is 15.1. The first-order valence-corrected chi connectivity index (χ1v) is 9.98. The highest BCUT2D eigenvalue weighted by atomic mass is 35.5. The standard InChI is InChI=1S/C20H15ClF5N3O2S/c1-30-12-4-3-11(16(7-12)31-2)10-29(18-5-6-27-19(28-18)20(24,25)26)32-17-8-13(21)14(22)9-15(17)23/h3-9H,10H2,1-2H3. The number of anilines is 1. The number of benzene rings is 2. The van der Waals surface area contributed by atoms with Gasteiger partial charge in [0.1, 0.15) is 29.0 Å². The van der Waals surface area contributed by atoms with Crippen molar-refractivity contribution < 1.29 is 31.4 Å². The van der Waals surface area contributed by atoms with E-state index in [0.717, 1.165) is 12.3 Å². The van der Waals surface area contributed by atoms with Crippen LogP contribution in [0.5, 0.6) is 11.5 Å². The molecule has 3 aromatic rings. The van der Waals surface area contributed by atoms with Gasteiger partial charge in [0.15, 0.2) is 0 Å². The number of aromatic nitrogens is 2. The van der Waals surface area contributed by atoms with Crippen molar-refractivity contribution in [2.75, 3.05) is 18.5 Å². The van der Waals surface area contributed by atoms with Crippen LogP contribution in [0.15, 0.2) is 47.5 Å². The van der Waals surface area contributed by atoms with Gasteiger partial charge in [0.2, 0.25) is 5.82 Å². The van der Waals surface area contributed by atoms with Crippen LogP contribution in [0.2, 0.25) is 5.02 Å². The molecule has 1 heterocycles. The fourth-order valence-electron chi connectivity index (χ4n) is 2.61. The quantitative estimate of drug-likeness (QED) is 0.224. The molecule has 170 valence electrons. The van der Waals surface area contributed by atoms with E-state index < -0.39 is 23.6 Å². The molecule has 0 radical (unpaired) electrons. The van der Waals surface area contributed by atoms with E-state index in [0.29, 0.717) is 35.1 Å². The maximum absolute atomic E-state index is 14.4. The minimum absolute atomic E-state index is 0.0550. The predicted molar refractivity (Wildman–Crippen MR) is 110 cm³/mol. The van der Waals surface area contributed by atoms with Gasteiger partial charge in [0.05, 0.1) is 30.7 Å². The second kappa shape index (κ2) is 9.78. The van der Waals surface area contributed by atoms with Gasteiger partial charge in [-0.3, -0.25) is 4.31 Å². The number of hydrogen-bond donors (Lipinski definition) is 0. The van der Waals surface area contributed by atoms with E-state index in [9.17, 15) is 22.0 Å². The third-order valence-corrected chi connectivity index (χ3v) is 5.48. The van der Waals surface area contributed by atoms with E-state index in [-0.39, 0.29) is 22.3 Å². The van der Waals surface area contributed by atoms with Crippen LogP contribution >= 0.6 is 23.5 Å². The zero-order valence-electron chi connectivity index (χ0n) is 16.6. The first kappa shape index (κ1) is 23.9. The summed E-state index contributed by atoms with van der Waals surface area (Å²) in [6, 6.07) is 7.75. The number of hydrogen-bond acceptors (Lipinski definition) is 6. The Morgan fingerprint density at radius 1 is 1.03 bits per heavy atom. The molecule has 0 saturated heterocycles.